The number of benzene rings is 2. The van der Waals surface area contributed by atoms with Crippen molar-refractivity contribution in [2.24, 2.45) is 0 Å². The number of rotatable bonds is 3. The van der Waals surface area contributed by atoms with Gasteiger partial charge in [0.25, 0.3) is 5.69 Å². The highest BCUT2D eigenvalue weighted by Gasteiger charge is 2.16. The number of amides is 1. The summed E-state index contributed by atoms with van der Waals surface area (Å²) >= 11 is 0. The molecule has 0 radical (unpaired) electrons. The van der Waals surface area contributed by atoms with Crippen LogP contribution in [0.25, 0.3) is 11.1 Å². The Balaban J connectivity index is 2.50. The van der Waals surface area contributed by atoms with Gasteiger partial charge in [-0.15, -0.1) is 0 Å². The fraction of sp³-hybridized carbons (Fsp3) is 0.0714. The minimum absolute atomic E-state index is 0.0301. The number of nitro benzene ring substituents is 1. The topological polar surface area (TPSA) is 72.2 Å². The molecule has 0 aliphatic heterocycles. The first-order valence-corrected chi connectivity index (χ1v) is 5.69. The molecule has 0 saturated carbocycles. The van der Waals surface area contributed by atoms with Gasteiger partial charge in [0, 0.05) is 18.7 Å². The molecule has 0 aromatic heterocycles. The van der Waals surface area contributed by atoms with Crippen molar-refractivity contribution in [3.63, 3.8) is 0 Å². The van der Waals surface area contributed by atoms with E-state index < -0.39 is 4.92 Å². The van der Waals surface area contributed by atoms with Crippen molar-refractivity contribution >= 4 is 17.3 Å². The van der Waals surface area contributed by atoms with Crippen molar-refractivity contribution in [1.82, 2.24) is 0 Å². The molecule has 5 heteroatoms. The molecule has 1 amide bonds. The van der Waals surface area contributed by atoms with Crippen molar-refractivity contribution < 1.29 is 9.72 Å². The standard InChI is InChI=1S/C14H12N2O3/c1-10(17)15-12-7-8-13(14(9-12)16(18)19)11-5-3-2-4-6-11/h2-9H,1H3,(H,15,17). The Kier molecular flexibility index (Phi) is 3.56. The lowest BCUT2D eigenvalue weighted by atomic mass is 10.0. The maximum Gasteiger partial charge on any atom is 0.279 e. The van der Waals surface area contributed by atoms with Gasteiger partial charge in [-0.3, -0.25) is 14.9 Å². The highest BCUT2D eigenvalue weighted by atomic mass is 16.6. The first kappa shape index (κ1) is 12.8. The summed E-state index contributed by atoms with van der Waals surface area (Å²) in [4.78, 5) is 21.6. The van der Waals surface area contributed by atoms with Gasteiger partial charge in [0.1, 0.15) is 0 Å². The third-order valence-corrected chi connectivity index (χ3v) is 2.60. The zero-order valence-electron chi connectivity index (χ0n) is 10.3. The monoisotopic (exact) mass is 256 g/mol. The molecular formula is C14H12N2O3. The number of hydrogen-bond acceptors (Lipinski definition) is 3. The molecule has 2 aromatic carbocycles. The highest BCUT2D eigenvalue weighted by Crippen LogP contribution is 2.32. The predicted octanol–water partition coefficient (Wildman–Crippen LogP) is 3.22. The lowest BCUT2D eigenvalue weighted by molar-refractivity contribution is -0.384. The number of nitrogens with zero attached hydrogens (tertiary/aromatic N) is 1. The Morgan fingerprint density at radius 1 is 1.16 bits per heavy atom. The number of anilines is 1. The van der Waals surface area contributed by atoms with E-state index in [9.17, 15) is 14.9 Å². The van der Waals surface area contributed by atoms with Gasteiger partial charge >= 0.3 is 0 Å². The van der Waals surface area contributed by atoms with Crippen LogP contribution in [0.4, 0.5) is 11.4 Å². The zero-order chi connectivity index (χ0) is 13.8. The van der Waals surface area contributed by atoms with E-state index in [1.54, 1.807) is 24.3 Å². The van der Waals surface area contributed by atoms with Gasteiger partial charge in [-0.05, 0) is 17.7 Å². The summed E-state index contributed by atoms with van der Waals surface area (Å²) < 4.78 is 0. The summed E-state index contributed by atoms with van der Waals surface area (Å²) in [5.41, 5.74) is 1.68. The van der Waals surface area contributed by atoms with Crippen LogP contribution in [0, 0.1) is 10.1 Å². The number of carbonyl (C=O) groups is 1. The smallest absolute Gasteiger partial charge is 0.279 e. The summed E-state index contributed by atoms with van der Waals surface area (Å²) in [6.45, 7) is 1.36. The largest absolute Gasteiger partial charge is 0.326 e. The van der Waals surface area contributed by atoms with Crippen LogP contribution in [-0.2, 0) is 4.79 Å². The molecule has 0 fully saturated rings. The Bertz CT molecular complexity index is 624. The van der Waals surface area contributed by atoms with Crippen LogP contribution in [-0.4, -0.2) is 10.8 Å². The average Bonchev–Trinajstić information content (AvgIpc) is 2.39. The molecule has 5 nitrogen and oxygen atoms in total. The van der Waals surface area contributed by atoms with Crippen molar-refractivity contribution in [3.8, 4) is 11.1 Å². The molecule has 0 bridgehead atoms. The Hall–Kier alpha value is -2.69. The van der Waals surface area contributed by atoms with Crippen LogP contribution >= 0.6 is 0 Å². The second-order valence-electron chi connectivity index (χ2n) is 4.04. The summed E-state index contributed by atoms with van der Waals surface area (Å²) in [5, 5.41) is 13.7. The van der Waals surface area contributed by atoms with E-state index in [-0.39, 0.29) is 11.6 Å². The minimum Gasteiger partial charge on any atom is -0.326 e. The number of hydrogen-bond donors (Lipinski definition) is 1. The van der Waals surface area contributed by atoms with E-state index in [1.165, 1.54) is 13.0 Å². The van der Waals surface area contributed by atoms with Gasteiger partial charge in [-0.2, -0.15) is 0 Å². The molecule has 19 heavy (non-hydrogen) atoms. The SMILES string of the molecule is CC(=O)Nc1ccc(-c2ccccc2)c([N+](=O)[O-])c1. The van der Waals surface area contributed by atoms with Gasteiger partial charge in [0.05, 0.1) is 10.5 Å². The minimum atomic E-state index is -0.451. The summed E-state index contributed by atoms with van der Waals surface area (Å²) in [7, 11) is 0. The fourth-order valence-electron chi connectivity index (χ4n) is 1.83. The van der Waals surface area contributed by atoms with Gasteiger partial charge in [-0.1, -0.05) is 30.3 Å². The van der Waals surface area contributed by atoms with Crippen LogP contribution < -0.4 is 5.32 Å². The molecule has 96 valence electrons. The van der Waals surface area contributed by atoms with Crippen LogP contribution in [0.1, 0.15) is 6.92 Å². The Morgan fingerprint density at radius 2 is 1.84 bits per heavy atom. The third-order valence-electron chi connectivity index (χ3n) is 2.60. The predicted molar refractivity (Wildman–Crippen MR) is 72.8 cm³/mol. The normalized spacial score (nSPS) is 9.95. The lowest BCUT2D eigenvalue weighted by Gasteiger charge is -2.06. The summed E-state index contributed by atoms with van der Waals surface area (Å²) in [5.74, 6) is -0.262. The molecular weight excluding hydrogens is 244 g/mol. The highest BCUT2D eigenvalue weighted by molar-refractivity contribution is 5.90. The third kappa shape index (κ3) is 2.95. The maximum atomic E-state index is 11.1. The summed E-state index contributed by atoms with van der Waals surface area (Å²) in [6.07, 6.45) is 0. The molecule has 0 spiro atoms. The quantitative estimate of drug-likeness (QED) is 0.677. The van der Waals surface area contributed by atoms with E-state index >= 15 is 0 Å². The van der Waals surface area contributed by atoms with Gasteiger partial charge in [0.15, 0.2) is 0 Å². The van der Waals surface area contributed by atoms with Crippen molar-refractivity contribution in [3.05, 3.63) is 58.6 Å². The van der Waals surface area contributed by atoms with Crippen molar-refractivity contribution in [1.29, 1.82) is 0 Å². The number of nitro groups is 1. The molecule has 1 N–H and O–H groups in total. The molecule has 2 aromatic rings. The van der Waals surface area contributed by atoms with E-state index in [4.69, 9.17) is 0 Å². The molecule has 2 rings (SSSR count). The van der Waals surface area contributed by atoms with Gasteiger partial charge < -0.3 is 5.32 Å². The Morgan fingerprint density at radius 3 is 2.42 bits per heavy atom. The van der Waals surface area contributed by atoms with Gasteiger partial charge in [0.2, 0.25) is 5.91 Å². The second-order valence-corrected chi connectivity index (χ2v) is 4.04. The first-order chi connectivity index (χ1) is 9.08. The van der Waals surface area contributed by atoms with Crippen molar-refractivity contribution in [2.75, 3.05) is 5.32 Å². The maximum absolute atomic E-state index is 11.1. The second kappa shape index (κ2) is 5.30. The lowest BCUT2D eigenvalue weighted by Crippen LogP contribution is -2.06. The van der Waals surface area contributed by atoms with E-state index in [0.29, 0.717) is 11.3 Å². The summed E-state index contributed by atoms with van der Waals surface area (Å²) in [6, 6.07) is 13.8. The molecule has 0 unspecified atom stereocenters. The first-order valence-electron chi connectivity index (χ1n) is 5.69. The van der Waals surface area contributed by atoms with Crippen molar-refractivity contribution in [2.45, 2.75) is 6.92 Å². The van der Waals surface area contributed by atoms with Crippen LogP contribution in [0.3, 0.4) is 0 Å². The van der Waals surface area contributed by atoms with Gasteiger partial charge in [-0.25, -0.2) is 0 Å². The van der Waals surface area contributed by atoms with Crippen LogP contribution in [0.15, 0.2) is 48.5 Å². The average molecular weight is 256 g/mol. The zero-order valence-corrected chi connectivity index (χ0v) is 10.3. The van der Waals surface area contributed by atoms with E-state index in [1.807, 2.05) is 18.2 Å². The Labute approximate surface area is 110 Å². The number of nitrogens with one attached hydrogen (secondary N) is 1. The molecule has 0 aliphatic carbocycles. The fourth-order valence-corrected chi connectivity index (χ4v) is 1.83. The molecule has 0 atom stereocenters. The van der Waals surface area contributed by atoms with Crippen LogP contribution in [0.2, 0.25) is 0 Å². The molecule has 0 saturated heterocycles. The molecule has 0 heterocycles. The number of carbonyl (C=O) groups excluding carboxylic acids is 1. The van der Waals surface area contributed by atoms with E-state index in [0.717, 1.165) is 5.56 Å². The van der Waals surface area contributed by atoms with E-state index in [2.05, 4.69) is 5.32 Å². The van der Waals surface area contributed by atoms with Crippen LogP contribution in [0.5, 0.6) is 0 Å². The molecule has 0 aliphatic rings.